The highest BCUT2D eigenvalue weighted by molar-refractivity contribution is 6.42. The Morgan fingerprint density at radius 3 is 2.58 bits per heavy atom. The average molecular weight is 462 g/mol. The second kappa shape index (κ2) is 8.22. The number of nitrogens with one attached hydrogen (secondary N) is 1. The number of hydrogen-bond donors (Lipinski definition) is 1. The van der Waals surface area contributed by atoms with Gasteiger partial charge in [-0.25, -0.2) is 4.79 Å². The minimum Gasteiger partial charge on any atom is -0.454 e. The van der Waals surface area contributed by atoms with Gasteiger partial charge in [0.2, 0.25) is 12.7 Å². The third-order valence-corrected chi connectivity index (χ3v) is 6.69. The molecule has 3 amide bonds. The molecule has 2 aromatic carbocycles. The van der Waals surface area contributed by atoms with Crippen LogP contribution >= 0.6 is 23.2 Å². The maximum atomic E-state index is 13.5. The van der Waals surface area contributed by atoms with Gasteiger partial charge in [0.25, 0.3) is 0 Å². The van der Waals surface area contributed by atoms with Crippen molar-refractivity contribution in [2.24, 2.45) is 0 Å². The Bertz CT molecular complexity index is 1050. The molecule has 9 heteroatoms. The highest BCUT2D eigenvalue weighted by atomic mass is 35.5. The smallest absolute Gasteiger partial charge is 0.327 e. The summed E-state index contributed by atoms with van der Waals surface area (Å²) in [7, 11) is 0. The molecule has 2 unspecified atom stereocenters. The first-order valence-electron chi connectivity index (χ1n) is 10.2. The van der Waals surface area contributed by atoms with Crippen LogP contribution in [0.3, 0.4) is 0 Å². The van der Waals surface area contributed by atoms with E-state index < -0.39 is 6.04 Å². The SMILES string of the molecule is O=C1C2NCCCC2N(Cc2ccc(Cl)c(Cl)c2)C(=O)N1Cc1ccc2c(c1)OCO2. The van der Waals surface area contributed by atoms with Gasteiger partial charge in [-0.1, -0.05) is 35.3 Å². The molecular weight excluding hydrogens is 441 g/mol. The Balaban J connectivity index is 1.43. The van der Waals surface area contributed by atoms with Crippen molar-refractivity contribution in [3.63, 3.8) is 0 Å². The zero-order valence-electron chi connectivity index (χ0n) is 16.6. The molecule has 2 aromatic rings. The molecule has 3 aliphatic rings. The number of halogens is 2. The van der Waals surface area contributed by atoms with Crippen LogP contribution in [-0.4, -0.2) is 47.2 Å². The number of hydrogen-bond acceptors (Lipinski definition) is 5. The Kier molecular flexibility index (Phi) is 5.42. The van der Waals surface area contributed by atoms with Crippen molar-refractivity contribution in [2.75, 3.05) is 13.3 Å². The molecule has 1 N–H and O–H groups in total. The number of urea groups is 1. The molecule has 2 fully saturated rings. The highest BCUT2D eigenvalue weighted by Crippen LogP contribution is 2.34. The Hall–Kier alpha value is -2.48. The van der Waals surface area contributed by atoms with Gasteiger partial charge in [-0.3, -0.25) is 9.69 Å². The first-order valence-corrected chi connectivity index (χ1v) is 10.9. The fraction of sp³-hybridized carbons (Fsp3) is 0.364. The molecule has 7 nitrogen and oxygen atoms in total. The van der Waals surface area contributed by atoms with Crippen LogP contribution < -0.4 is 14.8 Å². The van der Waals surface area contributed by atoms with Crippen LogP contribution in [0, 0.1) is 0 Å². The average Bonchev–Trinajstić information content (AvgIpc) is 3.24. The van der Waals surface area contributed by atoms with Crippen molar-refractivity contribution in [1.82, 2.24) is 15.1 Å². The van der Waals surface area contributed by atoms with Crippen LogP contribution in [-0.2, 0) is 17.9 Å². The molecule has 0 saturated carbocycles. The lowest BCUT2D eigenvalue weighted by Crippen LogP contribution is -2.68. The summed E-state index contributed by atoms with van der Waals surface area (Å²) in [6.45, 7) is 1.44. The molecule has 0 radical (unpaired) electrons. The van der Waals surface area contributed by atoms with E-state index in [4.69, 9.17) is 32.7 Å². The Morgan fingerprint density at radius 1 is 0.968 bits per heavy atom. The number of carbonyl (C=O) groups excluding carboxylic acids is 2. The summed E-state index contributed by atoms with van der Waals surface area (Å²) in [4.78, 5) is 29.8. The van der Waals surface area contributed by atoms with E-state index in [1.165, 1.54) is 4.90 Å². The van der Waals surface area contributed by atoms with Crippen LogP contribution in [0.4, 0.5) is 4.79 Å². The van der Waals surface area contributed by atoms with E-state index >= 15 is 0 Å². The zero-order chi connectivity index (χ0) is 21.5. The van der Waals surface area contributed by atoms with Crippen LogP contribution in [0.15, 0.2) is 36.4 Å². The van der Waals surface area contributed by atoms with Gasteiger partial charge in [-0.2, -0.15) is 0 Å². The Labute approximate surface area is 189 Å². The molecule has 0 bridgehead atoms. The van der Waals surface area contributed by atoms with Gasteiger partial charge >= 0.3 is 6.03 Å². The van der Waals surface area contributed by atoms with Gasteiger partial charge in [0.05, 0.1) is 22.6 Å². The summed E-state index contributed by atoms with van der Waals surface area (Å²) >= 11 is 12.2. The van der Waals surface area contributed by atoms with E-state index in [1.807, 2.05) is 18.2 Å². The molecular formula is C22H21Cl2N3O4. The van der Waals surface area contributed by atoms with Crippen LogP contribution in [0.1, 0.15) is 24.0 Å². The van der Waals surface area contributed by atoms with Gasteiger partial charge < -0.3 is 19.7 Å². The largest absolute Gasteiger partial charge is 0.454 e. The number of amides is 3. The number of fused-ring (bicyclic) bond motifs is 2. The molecule has 0 aromatic heterocycles. The summed E-state index contributed by atoms with van der Waals surface area (Å²) in [6.07, 6.45) is 1.68. The normalized spacial score (nSPS) is 22.6. The number of imide groups is 1. The van der Waals surface area contributed by atoms with Crippen molar-refractivity contribution in [3.05, 3.63) is 57.6 Å². The molecule has 3 heterocycles. The molecule has 162 valence electrons. The van der Waals surface area contributed by atoms with Crippen LogP contribution in [0.2, 0.25) is 10.0 Å². The van der Waals surface area contributed by atoms with E-state index in [0.717, 1.165) is 30.5 Å². The number of nitrogens with zero attached hydrogens (tertiary/aromatic N) is 2. The van der Waals surface area contributed by atoms with Crippen molar-refractivity contribution < 1.29 is 19.1 Å². The minimum atomic E-state index is -0.428. The maximum Gasteiger partial charge on any atom is 0.327 e. The third kappa shape index (κ3) is 3.82. The van der Waals surface area contributed by atoms with E-state index in [-0.39, 0.29) is 31.3 Å². The zero-order valence-corrected chi connectivity index (χ0v) is 18.2. The van der Waals surface area contributed by atoms with Crippen molar-refractivity contribution in [3.8, 4) is 11.5 Å². The van der Waals surface area contributed by atoms with E-state index in [2.05, 4.69) is 5.32 Å². The number of ether oxygens (including phenoxy) is 2. The topological polar surface area (TPSA) is 71.1 Å². The van der Waals surface area contributed by atoms with Crippen LogP contribution in [0.5, 0.6) is 11.5 Å². The number of rotatable bonds is 4. The summed E-state index contributed by atoms with van der Waals surface area (Å²) < 4.78 is 10.8. The monoisotopic (exact) mass is 461 g/mol. The number of carbonyl (C=O) groups is 2. The van der Waals surface area contributed by atoms with Crippen molar-refractivity contribution in [2.45, 2.75) is 38.0 Å². The third-order valence-electron chi connectivity index (χ3n) is 5.95. The first-order chi connectivity index (χ1) is 15.0. The summed E-state index contributed by atoms with van der Waals surface area (Å²) in [5.74, 6) is 1.09. The molecule has 5 rings (SSSR count). The van der Waals surface area contributed by atoms with Crippen LogP contribution in [0.25, 0.3) is 0 Å². The predicted molar refractivity (Wildman–Crippen MR) is 115 cm³/mol. The number of piperidine rings is 1. The Morgan fingerprint density at radius 2 is 1.74 bits per heavy atom. The number of benzene rings is 2. The molecule has 2 saturated heterocycles. The fourth-order valence-electron chi connectivity index (χ4n) is 4.41. The molecule has 3 aliphatic heterocycles. The summed E-state index contributed by atoms with van der Waals surface area (Å²) in [6, 6.07) is 9.86. The fourth-order valence-corrected chi connectivity index (χ4v) is 4.73. The molecule has 31 heavy (non-hydrogen) atoms. The van der Waals surface area contributed by atoms with Crippen molar-refractivity contribution in [1.29, 1.82) is 0 Å². The lowest BCUT2D eigenvalue weighted by Gasteiger charge is -2.47. The summed E-state index contributed by atoms with van der Waals surface area (Å²) in [5, 5.41) is 4.21. The van der Waals surface area contributed by atoms with E-state index in [9.17, 15) is 9.59 Å². The second-order valence-electron chi connectivity index (χ2n) is 7.91. The van der Waals surface area contributed by atoms with Gasteiger partial charge in [0, 0.05) is 6.54 Å². The van der Waals surface area contributed by atoms with E-state index in [0.29, 0.717) is 28.1 Å². The maximum absolute atomic E-state index is 13.5. The van der Waals surface area contributed by atoms with Gasteiger partial charge in [-0.15, -0.1) is 0 Å². The summed E-state index contributed by atoms with van der Waals surface area (Å²) in [5.41, 5.74) is 1.67. The quantitative estimate of drug-likeness (QED) is 0.749. The predicted octanol–water partition coefficient (Wildman–Crippen LogP) is 3.81. The lowest BCUT2D eigenvalue weighted by molar-refractivity contribution is -0.137. The highest BCUT2D eigenvalue weighted by Gasteiger charge is 2.47. The minimum absolute atomic E-state index is 0.164. The standard InChI is InChI=1S/C22H21Cl2N3O4/c23-15-5-3-13(8-16(15)24)10-26-17-2-1-7-25-20(17)21(28)27(22(26)29)11-14-4-6-18-19(9-14)31-12-30-18/h3-6,8-9,17,20,25H,1-2,7,10-12H2. The second-order valence-corrected chi connectivity index (χ2v) is 8.73. The molecule has 0 aliphatic carbocycles. The molecule has 0 spiro atoms. The van der Waals surface area contributed by atoms with Gasteiger partial charge in [0.15, 0.2) is 11.5 Å². The van der Waals surface area contributed by atoms with E-state index in [1.54, 1.807) is 23.1 Å². The molecule has 2 atom stereocenters. The lowest BCUT2D eigenvalue weighted by atomic mass is 9.93. The van der Waals surface area contributed by atoms with Gasteiger partial charge in [0.1, 0.15) is 6.04 Å². The van der Waals surface area contributed by atoms with Crippen molar-refractivity contribution >= 4 is 35.1 Å². The first kappa shape index (κ1) is 20.4. The van der Waals surface area contributed by atoms with Gasteiger partial charge in [-0.05, 0) is 54.8 Å².